The molecule has 0 unspecified atom stereocenters. The van der Waals surface area contributed by atoms with Crippen LogP contribution in [0, 0.1) is 13.8 Å². The van der Waals surface area contributed by atoms with Crippen LogP contribution in [0.5, 0.6) is 0 Å². The van der Waals surface area contributed by atoms with Gasteiger partial charge in [0.25, 0.3) is 5.56 Å². The fourth-order valence-corrected chi connectivity index (χ4v) is 3.40. The van der Waals surface area contributed by atoms with Gasteiger partial charge in [0, 0.05) is 5.69 Å². The monoisotopic (exact) mass is 396 g/mol. The lowest BCUT2D eigenvalue weighted by atomic mass is 10.0. The van der Waals surface area contributed by atoms with Crippen LogP contribution in [0.15, 0.2) is 29.1 Å². The van der Waals surface area contributed by atoms with Crippen LogP contribution in [0.3, 0.4) is 0 Å². The lowest BCUT2D eigenvalue weighted by Crippen LogP contribution is -2.37. The fraction of sp³-hybridized carbons (Fsp3) is 0.333. The number of nitrogens with one attached hydrogen (secondary N) is 2. The molecule has 0 amide bonds. The van der Waals surface area contributed by atoms with Gasteiger partial charge in [-0.25, -0.2) is 9.78 Å². The minimum absolute atomic E-state index is 0.161. The lowest BCUT2D eigenvalue weighted by Gasteiger charge is -2.23. The summed E-state index contributed by atoms with van der Waals surface area (Å²) in [6, 6.07) is 6.60. The molecule has 1 atom stereocenters. The molecule has 0 bridgehead atoms. The zero-order chi connectivity index (χ0) is 21.3. The van der Waals surface area contributed by atoms with E-state index in [1.54, 1.807) is 50.9 Å². The second-order valence-corrected chi connectivity index (χ2v) is 7.10. The summed E-state index contributed by atoms with van der Waals surface area (Å²) in [5, 5.41) is 0.524. The molecular formula is C21H24N4O4. The molecule has 3 rings (SSSR count). The summed E-state index contributed by atoms with van der Waals surface area (Å²) in [7, 11) is 3.09. The first-order valence-corrected chi connectivity index (χ1v) is 9.24. The predicted molar refractivity (Wildman–Crippen MR) is 109 cm³/mol. The summed E-state index contributed by atoms with van der Waals surface area (Å²) < 4.78 is 4.80. The van der Waals surface area contributed by atoms with Crippen LogP contribution in [-0.2, 0) is 11.3 Å². The molecule has 2 aromatic heterocycles. The number of rotatable bonds is 6. The van der Waals surface area contributed by atoms with Gasteiger partial charge in [-0.15, -0.1) is 0 Å². The van der Waals surface area contributed by atoms with Crippen LogP contribution in [0.4, 0.5) is 0 Å². The molecule has 152 valence electrons. The molecule has 2 heterocycles. The third-order valence-corrected chi connectivity index (χ3v) is 5.18. The molecule has 0 spiro atoms. The Bertz CT molecular complexity index is 1150. The number of aryl methyl sites for hydroxylation is 1. The number of Topliss-reactive ketones (excluding diaryl/α,β-unsaturated/α-hetero) is 1. The second kappa shape index (κ2) is 8.00. The summed E-state index contributed by atoms with van der Waals surface area (Å²) in [5.74, 6) is -0.161. The number of nitrogens with zero attached hydrogens (tertiary/aromatic N) is 2. The Hall–Kier alpha value is -3.26. The molecular weight excluding hydrogens is 372 g/mol. The van der Waals surface area contributed by atoms with Crippen LogP contribution in [-0.4, -0.2) is 51.8 Å². The minimum Gasteiger partial charge on any atom is -0.465 e. The number of para-hydroxylation sites is 1. The first-order valence-electron chi connectivity index (χ1n) is 9.24. The van der Waals surface area contributed by atoms with Crippen LogP contribution in [0.2, 0.25) is 0 Å². The quantitative estimate of drug-likeness (QED) is 0.489. The third kappa shape index (κ3) is 3.84. The average Bonchev–Trinajstić information content (AvgIpc) is 3.00. The number of H-pyrrole nitrogens is 2. The number of aromatic nitrogens is 3. The molecule has 2 N–H and O–H groups in total. The van der Waals surface area contributed by atoms with Gasteiger partial charge in [-0.05, 0) is 45.5 Å². The Kier molecular flexibility index (Phi) is 5.65. The maximum absolute atomic E-state index is 13.0. The number of carbonyl (C=O) groups is 2. The molecule has 29 heavy (non-hydrogen) atoms. The maximum atomic E-state index is 13.0. The zero-order valence-corrected chi connectivity index (χ0v) is 17.1. The normalized spacial score (nSPS) is 12.3. The molecule has 0 fully saturated rings. The van der Waals surface area contributed by atoms with Gasteiger partial charge in [0.05, 0.1) is 41.9 Å². The SMILES string of the molecule is COC(=O)c1c(C)[nH]c(C(=O)[C@@H](C)N(C)Cc2nc3ccccc3c(=O)[nH]2)c1C. The molecule has 0 saturated heterocycles. The molecule has 0 saturated carbocycles. The number of methoxy groups -OCH3 is 1. The van der Waals surface area contributed by atoms with Gasteiger partial charge in [0.1, 0.15) is 5.82 Å². The van der Waals surface area contributed by atoms with E-state index in [9.17, 15) is 14.4 Å². The number of fused-ring (bicyclic) bond motifs is 1. The third-order valence-electron chi connectivity index (χ3n) is 5.18. The predicted octanol–water partition coefficient (Wildman–Crippen LogP) is 2.36. The average molecular weight is 396 g/mol. The van der Waals surface area contributed by atoms with E-state index >= 15 is 0 Å². The summed E-state index contributed by atoms with van der Waals surface area (Å²) in [4.78, 5) is 49.3. The topological polar surface area (TPSA) is 108 Å². The van der Waals surface area contributed by atoms with Gasteiger partial charge >= 0.3 is 5.97 Å². The fourth-order valence-electron chi connectivity index (χ4n) is 3.40. The maximum Gasteiger partial charge on any atom is 0.339 e. The van der Waals surface area contributed by atoms with Crippen molar-refractivity contribution in [2.75, 3.05) is 14.2 Å². The largest absolute Gasteiger partial charge is 0.465 e. The molecule has 0 aliphatic rings. The molecule has 0 aliphatic heterocycles. The number of ether oxygens (including phenoxy) is 1. The standard InChI is InChI=1S/C21H24N4O4/c1-11-17(21(28)29-5)12(2)22-18(11)19(26)13(3)25(4)10-16-23-15-9-7-6-8-14(15)20(27)24-16/h6-9,13,22H,10H2,1-5H3,(H,23,24,27)/t13-/m1/s1. The van der Waals surface area contributed by atoms with Crippen LogP contribution < -0.4 is 5.56 Å². The number of likely N-dealkylation sites (N-methyl/N-ethyl adjacent to an activating group) is 1. The van der Waals surface area contributed by atoms with Gasteiger partial charge in [-0.3, -0.25) is 14.5 Å². The van der Waals surface area contributed by atoms with E-state index in [1.165, 1.54) is 7.11 Å². The summed E-state index contributed by atoms with van der Waals surface area (Å²) in [5.41, 5.74) is 2.31. The van der Waals surface area contributed by atoms with Crippen molar-refractivity contribution < 1.29 is 14.3 Å². The van der Waals surface area contributed by atoms with Gasteiger partial charge in [0.15, 0.2) is 5.78 Å². The van der Waals surface area contributed by atoms with Crippen molar-refractivity contribution in [3.63, 3.8) is 0 Å². The number of esters is 1. The molecule has 8 heteroatoms. The highest BCUT2D eigenvalue weighted by atomic mass is 16.5. The summed E-state index contributed by atoms with van der Waals surface area (Å²) >= 11 is 0. The molecule has 1 aromatic carbocycles. The lowest BCUT2D eigenvalue weighted by molar-refractivity contribution is 0.0599. The first-order chi connectivity index (χ1) is 13.7. The van der Waals surface area contributed by atoms with Crippen molar-refractivity contribution in [1.82, 2.24) is 19.9 Å². The van der Waals surface area contributed by atoms with Crippen molar-refractivity contribution in [2.45, 2.75) is 33.4 Å². The molecule has 0 radical (unpaired) electrons. The van der Waals surface area contributed by atoms with E-state index < -0.39 is 12.0 Å². The van der Waals surface area contributed by atoms with Gasteiger partial charge in [0.2, 0.25) is 0 Å². The van der Waals surface area contributed by atoms with Crippen molar-refractivity contribution in [3.05, 3.63) is 63.0 Å². The Morgan fingerprint density at radius 2 is 1.90 bits per heavy atom. The number of carbonyl (C=O) groups excluding carboxylic acids is 2. The van der Waals surface area contributed by atoms with Crippen molar-refractivity contribution in [2.24, 2.45) is 0 Å². The molecule has 3 aromatic rings. The van der Waals surface area contributed by atoms with Crippen molar-refractivity contribution in [3.8, 4) is 0 Å². The smallest absolute Gasteiger partial charge is 0.339 e. The Labute approximate surface area is 167 Å². The van der Waals surface area contributed by atoms with Crippen LogP contribution in [0.1, 0.15) is 44.9 Å². The van der Waals surface area contributed by atoms with Gasteiger partial charge in [-0.1, -0.05) is 12.1 Å². The first kappa shape index (κ1) is 20.5. The van der Waals surface area contributed by atoms with E-state index in [-0.39, 0.29) is 17.9 Å². The molecule has 8 nitrogen and oxygen atoms in total. The minimum atomic E-state index is -0.506. The van der Waals surface area contributed by atoms with E-state index in [4.69, 9.17) is 4.74 Å². The Balaban J connectivity index is 1.84. The highest BCUT2D eigenvalue weighted by Gasteiger charge is 2.27. The van der Waals surface area contributed by atoms with E-state index in [0.29, 0.717) is 39.2 Å². The number of hydrogen-bond donors (Lipinski definition) is 2. The zero-order valence-electron chi connectivity index (χ0n) is 17.1. The number of hydrogen-bond acceptors (Lipinski definition) is 6. The Morgan fingerprint density at radius 3 is 2.59 bits per heavy atom. The van der Waals surface area contributed by atoms with E-state index in [0.717, 1.165) is 0 Å². The van der Waals surface area contributed by atoms with Gasteiger partial charge in [-0.2, -0.15) is 0 Å². The summed E-state index contributed by atoms with van der Waals surface area (Å²) in [6.45, 7) is 5.51. The summed E-state index contributed by atoms with van der Waals surface area (Å²) in [6.07, 6.45) is 0. The number of aromatic amines is 2. The van der Waals surface area contributed by atoms with Crippen LogP contribution in [0.25, 0.3) is 10.9 Å². The molecule has 0 aliphatic carbocycles. The highest BCUT2D eigenvalue weighted by Crippen LogP contribution is 2.21. The highest BCUT2D eigenvalue weighted by molar-refractivity contribution is 6.03. The number of benzene rings is 1. The van der Waals surface area contributed by atoms with E-state index in [2.05, 4.69) is 15.0 Å². The van der Waals surface area contributed by atoms with Crippen molar-refractivity contribution >= 4 is 22.7 Å². The van der Waals surface area contributed by atoms with E-state index in [1.807, 2.05) is 6.07 Å². The Morgan fingerprint density at radius 1 is 1.21 bits per heavy atom. The van der Waals surface area contributed by atoms with Crippen LogP contribution >= 0.6 is 0 Å². The second-order valence-electron chi connectivity index (χ2n) is 7.10. The van der Waals surface area contributed by atoms with Crippen molar-refractivity contribution in [1.29, 1.82) is 0 Å². The van der Waals surface area contributed by atoms with Gasteiger partial charge < -0.3 is 14.7 Å². The number of ketones is 1.